The van der Waals surface area contributed by atoms with E-state index in [4.69, 9.17) is 11.6 Å². The average Bonchev–Trinajstić information content (AvgIpc) is 3.63. The second-order valence-corrected chi connectivity index (χ2v) is 11.4. The molecule has 2 N–H and O–H groups in total. The Morgan fingerprint density at radius 1 is 1.18 bits per heavy atom. The van der Waals surface area contributed by atoms with Gasteiger partial charge in [-0.15, -0.1) is 0 Å². The van der Waals surface area contributed by atoms with Gasteiger partial charge in [0.2, 0.25) is 5.91 Å². The molecule has 3 unspecified atom stereocenters. The van der Waals surface area contributed by atoms with Crippen LogP contribution in [0.15, 0.2) is 54.6 Å². The van der Waals surface area contributed by atoms with Crippen LogP contribution in [0, 0.1) is 11.3 Å². The number of likely N-dealkylation sites (tertiary alicyclic amines) is 1. The van der Waals surface area contributed by atoms with E-state index in [1.54, 1.807) is 6.92 Å². The molecule has 2 aromatic rings. The fourth-order valence-corrected chi connectivity index (χ4v) is 6.05. The summed E-state index contributed by atoms with van der Waals surface area (Å²) in [5, 5.41) is 10.1. The highest BCUT2D eigenvalue weighted by Crippen LogP contribution is 2.47. The molecule has 1 aliphatic carbocycles. The van der Waals surface area contributed by atoms with Crippen molar-refractivity contribution >= 4 is 34.5 Å². The highest BCUT2D eigenvalue weighted by atomic mass is 35.5. The predicted molar refractivity (Wildman–Crippen MR) is 133 cm³/mol. The predicted octanol–water partition coefficient (Wildman–Crippen LogP) is 4.72. The number of halogens is 1. The van der Waals surface area contributed by atoms with Gasteiger partial charge in [-0.2, -0.15) is 0 Å². The van der Waals surface area contributed by atoms with Crippen LogP contribution >= 0.6 is 11.6 Å². The van der Waals surface area contributed by atoms with E-state index in [9.17, 15) is 18.9 Å². The molecule has 8 heteroatoms. The third-order valence-corrected chi connectivity index (χ3v) is 8.31. The van der Waals surface area contributed by atoms with Crippen LogP contribution in [0.1, 0.15) is 56.2 Å². The molecule has 1 saturated carbocycles. The summed E-state index contributed by atoms with van der Waals surface area (Å²) in [6.07, 6.45) is 3.00. The summed E-state index contributed by atoms with van der Waals surface area (Å²) in [7, 11) is -1.28. The Balaban J connectivity index is 1.58. The third kappa shape index (κ3) is 5.88. The van der Waals surface area contributed by atoms with E-state index in [-0.39, 0.29) is 24.4 Å². The Labute approximate surface area is 208 Å². The Kier molecular flexibility index (Phi) is 7.75. The number of carboxylic acid groups (broad SMARTS) is 1. The quantitative estimate of drug-likeness (QED) is 0.492. The highest BCUT2D eigenvalue weighted by Gasteiger charge is 2.50. The lowest BCUT2D eigenvalue weighted by Crippen LogP contribution is -2.56. The number of piperidine rings is 1. The summed E-state index contributed by atoms with van der Waals surface area (Å²) in [6, 6.07) is 16.9. The maximum Gasteiger partial charge on any atom is 0.304 e. The van der Waals surface area contributed by atoms with Crippen molar-refractivity contribution < 1.29 is 18.9 Å². The van der Waals surface area contributed by atoms with Crippen molar-refractivity contribution in [1.29, 1.82) is 0 Å². The van der Waals surface area contributed by atoms with E-state index in [1.165, 1.54) is 0 Å². The minimum absolute atomic E-state index is 0.131. The molecule has 0 spiro atoms. The molecule has 0 radical (unpaired) electrons. The van der Waals surface area contributed by atoms with E-state index in [1.807, 2.05) is 59.5 Å². The van der Waals surface area contributed by atoms with Gasteiger partial charge >= 0.3 is 5.97 Å². The van der Waals surface area contributed by atoms with E-state index >= 15 is 0 Å². The molecule has 0 aromatic heterocycles. The third-order valence-electron chi connectivity index (χ3n) is 6.97. The van der Waals surface area contributed by atoms with Crippen molar-refractivity contribution in [2.75, 3.05) is 6.54 Å². The molecule has 2 aliphatic rings. The molecule has 182 valence electrons. The largest absolute Gasteiger partial charge is 0.481 e. The number of rotatable bonds is 10. The topological polar surface area (TPSA) is 86.7 Å². The van der Waals surface area contributed by atoms with Crippen LogP contribution in [-0.2, 0) is 26.3 Å². The Hall–Kier alpha value is -2.22. The van der Waals surface area contributed by atoms with Gasteiger partial charge in [-0.1, -0.05) is 61.0 Å². The van der Waals surface area contributed by atoms with Gasteiger partial charge in [0, 0.05) is 17.6 Å². The Morgan fingerprint density at radius 2 is 1.85 bits per heavy atom. The van der Waals surface area contributed by atoms with Crippen LogP contribution < -0.4 is 4.72 Å². The number of nitrogens with zero attached hydrogens (tertiary/aromatic N) is 1. The van der Waals surface area contributed by atoms with Gasteiger partial charge in [-0.3, -0.25) is 9.59 Å². The van der Waals surface area contributed by atoms with Gasteiger partial charge in [-0.05, 0) is 54.9 Å². The number of nitrogens with one attached hydrogen (secondary N) is 1. The normalized spacial score (nSPS) is 24.6. The zero-order valence-electron chi connectivity index (χ0n) is 19.3. The molecule has 2 fully saturated rings. The lowest BCUT2D eigenvalue weighted by atomic mass is 9.74. The average molecular weight is 503 g/mol. The molecule has 1 aliphatic heterocycles. The number of benzene rings is 2. The zero-order valence-corrected chi connectivity index (χ0v) is 20.9. The van der Waals surface area contributed by atoms with E-state index in [0.29, 0.717) is 36.1 Å². The van der Waals surface area contributed by atoms with Crippen LogP contribution in [0.2, 0.25) is 5.02 Å². The maximum atomic E-state index is 13.9. The van der Waals surface area contributed by atoms with E-state index in [0.717, 1.165) is 24.0 Å². The van der Waals surface area contributed by atoms with Crippen LogP contribution in [0.5, 0.6) is 0 Å². The second kappa shape index (κ2) is 10.6. The summed E-state index contributed by atoms with van der Waals surface area (Å²) < 4.78 is 16.0. The summed E-state index contributed by atoms with van der Waals surface area (Å²) in [5.74, 6) is -0.393. The summed E-state index contributed by atoms with van der Waals surface area (Å²) >= 11 is 6.10. The van der Waals surface area contributed by atoms with Crippen LogP contribution in [-0.4, -0.2) is 38.7 Å². The Bertz CT molecular complexity index is 1040. The molecule has 4 rings (SSSR count). The van der Waals surface area contributed by atoms with Gasteiger partial charge in [0.15, 0.2) is 0 Å². The van der Waals surface area contributed by atoms with Crippen molar-refractivity contribution in [3.63, 3.8) is 0 Å². The number of carbonyl (C=O) groups is 2. The first-order valence-corrected chi connectivity index (χ1v) is 13.4. The molecule has 34 heavy (non-hydrogen) atoms. The number of hydrogen-bond donors (Lipinski definition) is 2. The molecule has 1 amide bonds. The molecular formula is C26H31ClN2O4S. The van der Waals surface area contributed by atoms with Crippen molar-refractivity contribution in [3.05, 3.63) is 70.7 Å². The fourth-order valence-electron chi connectivity index (χ4n) is 4.97. The van der Waals surface area contributed by atoms with Crippen LogP contribution in [0.25, 0.3) is 0 Å². The van der Waals surface area contributed by atoms with E-state index < -0.39 is 22.4 Å². The zero-order chi connectivity index (χ0) is 24.3. The van der Waals surface area contributed by atoms with Crippen molar-refractivity contribution in [3.8, 4) is 0 Å². The first-order chi connectivity index (χ1) is 16.3. The second-order valence-electron chi connectivity index (χ2n) is 9.68. The maximum absolute atomic E-state index is 13.9. The van der Waals surface area contributed by atoms with Gasteiger partial charge in [0.1, 0.15) is 0 Å². The molecule has 6 nitrogen and oxygen atoms in total. The molecule has 1 saturated heterocycles. The standard InChI is InChI=1S/C26H31ClN2O4S/c1-26(15-24(30)31)14-13-22(19-9-11-21(27)12-10-19)29(25(26)32)23(20-7-8-20)16-28-34(33)17-18-5-3-2-4-6-18/h2-6,9-12,20,22-23,28H,7-8,13-17H2,1H3,(H,30,31)/t22?,23?,26-,34?/m1/s1. The molecular weight excluding hydrogens is 472 g/mol. The minimum Gasteiger partial charge on any atom is -0.481 e. The fraction of sp³-hybridized carbons (Fsp3) is 0.462. The lowest BCUT2D eigenvalue weighted by Gasteiger charge is -2.48. The number of amides is 1. The summed E-state index contributed by atoms with van der Waals surface area (Å²) in [4.78, 5) is 27.4. The highest BCUT2D eigenvalue weighted by molar-refractivity contribution is 7.82. The van der Waals surface area contributed by atoms with Crippen molar-refractivity contribution in [2.45, 2.75) is 56.9 Å². The van der Waals surface area contributed by atoms with Crippen molar-refractivity contribution in [1.82, 2.24) is 9.62 Å². The van der Waals surface area contributed by atoms with Gasteiger partial charge < -0.3 is 10.0 Å². The van der Waals surface area contributed by atoms with Gasteiger partial charge in [0.05, 0.1) is 34.6 Å². The monoisotopic (exact) mass is 502 g/mol. The van der Waals surface area contributed by atoms with E-state index in [2.05, 4.69) is 4.72 Å². The Morgan fingerprint density at radius 3 is 2.47 bits per heavy atom. The lowest BCUT2D eigenvalue weighted by molar-refractivity contribution is -0.159. The smallest absolute Gasteiger partial charge is 0.304 e. The number of aliphatic carboxylic acids is 1. The van der Waals surface area contributed by atoms with Crippen LogP contribution in [0.3, 0.4) is 0 Å². The van der Waals surface area contributed by atoms with Gasteiger partial charge in [0.25, 0.3) is 0 Å². The number of hydrogen-bond acceptors (Lipinski definition) is 3. The SMILES string of the molecule is C[C@]1(CC(=O)O)CCC(c2ccc(Cl)cc2)N(C(CNS(=O)Cc2ccccc2)C2CC2)C1=O. The molecule has 0 bridgehead atoms. The van der Waals surface area contributed by atoms with Gasteiger partial charge in [-0.25, -0.2) is 8.93 Å². The first kappa shape index (κ1) is 24.9. The molecule has 2 aromatic carbocycles. The molecule has 1 heterocycles. The number of carboxylic acids is 1. The summed E-state index contributed by atoms with van der Waals surface area (Å²) in [6.45, 7) is 2.17. The molecule has 4 atom stereocenters. The number of carbonyl (C=O) groups excluding carboxylic acids is 1. The summed E-state index contributed by atoms with van der Waals surface area (Å²) in [5.41, 5.74) is 1.02. The minimum atomic E-state index is -1.28. The van der Waals surface area contributed by atoms with Crippen LogP contribution in [0.4, 0.5) is 0 Å². The van der Waals surface area contributed by atoms with Crippen molar-refractivity contribution in [2.24, 2.45) is 11.3 Å². The first-order valence-electron chi connectivity index (χ1n) is 11.7.